The molecule has 0 fully saturated rings. The average Bonchev–Trinajstić information content (AvgIpc) is 2.84. The van der Waals surface area contributed by atoms with E-state index in [0.717, 1.165) is 0 Å². The Hall–Kier alpha value is -4.14. The van der Waals surface area contributed by atoms with Crippen LogP contribution in [0.3, 0.4) is 0 Å². The molecule has 0 heterocycles. The number of nitrogens with two attached hydrogens (primary N) is 1. The third kappa shape index (κ3) is 5.76. The van der Waals surface area contributed by atoms with E-state index in [4.69, 9.17) is 34.2 Å². The second kappa shape index (κ2) is 11.5. The fourth-order valence-corrected chi connectivity index (χ4v) is 3.10. The van der Waals surface area contributed by atoms with Gasteiger partial charge in [0.25, 0.3) is 0 Å². The molecule has 9 heteroatoms. The van der Waals surface area contributed by atoms with Crippen molar-refractivity contribution in [2.24, 2.45) is 5.73 Å². The molecular formula is C24H27NO8. The molecule has 0 atom stereocenters. The maximum atomic E-state index is 12.6. The molecule has 0 radical (unpaired) electrons. The molecule has 9 nitrogen and oxygen atoms in total. The lowest BCUT2D eigenvalue weighted by atomic mass is 9.99. The lowest BCUT2D eigenvalue weighted by molar-refractivity contribution is -0.136. The van der Waals surface area contributed by atoms with Gasteiger partial charge in [-0.3, -0.25) is 4.79 Å². The monoisotopic (exact) mass is 457 g/mol. The van der Waals surface area contributed by atoms with Crippen LogP contribution in [-0.2, 0) is 14.3 Å². The van der Waals surface area contributed by atoms with E-state index in [1.165, 1.54) is 54.8 Å². The van der Waals surface area contributed by atoms with E-state index in [-0.39, 0.29) is 11.1 Å². The number of methoxy groups -OCH3 is 6. The van der Waals surface area contributed by atoms with Crippen LogP contribution in [0.1, 0.15) is 11.1 Å². The van der Waals surface area contributed by atoms with Gasteiger partial charge in [0.15, 0.2) is 23.0 Å². The quantitative estimate of drug-likeness (QED) is 0.329. The number of benzene rings is 2. The number of hydrogen-bond donors (Lipinski definition) is 1. The molecular weight excluding hydrogens is 430 g/mol. The van der Waals surface area contributed by atoms with Gasteiger partial charge in [-0.15, -0.1) is 0 Å². The van der Waals surface area contributed by atoms with Crippen LogP contribution in [0.2, 0.25) is 0 Å². The lowest BCUT2D eigenvalue weighted by Crippen LogP contribution is -2.20. The van der Waals surface area contributed by atoms with Crippen molar-refractivity contribution in [2.75, 3.05) is 42.7 Å². The predicted octanol–water partition coefficient (Wildman–Crippen LogP) is 2.85. The Balaban J connectivity index is 2.71. The summed E-state index contributed by atoms with van der Waals surface area (Å²) in [4.78, 5) is 25.0. The standard InChI is InChI=1S/C24H27NO8/c1-28-18-8-7-14(11-19(18)29-2)9-16(23(25)26)17(24(27)33-6)10-15-12-20(30-3)22(32-5)21(13-15)31-4/h7-13H,1-6H3,(H2,25,26)/b16-9+,17-10+. The van der Waals surface area contributed by atoms with Gasteiger partial charge in [0.05, 0.1) is 53.8 Å². The van der Waals surface area contributed by atoms with Gasteiger partial charge in [-0.05, 0) is 47.5 Å². The fraction of sp³-hybridized carbons (Fsp3) is 0.250. The van der Waals surface area contributed by atoms with Crippen LogP contribution in [0.25, 0.3) is 12.2 Å². The summed E-state index contributed by atoms with van der Waals surface area (Å²) in [7, 11) is 8.63. The Bertz CT molecular complexity index is 1060. The summed E-state index contributed by atoms with van der Waals surface area (Å²) in [6, 6.07) is 8.26. The van der Waals surface area contributed by atoms with Crippen LogP contribution in [0.4, 0.5) is 0 Å². The number of carbonyl (C=O) groups excluding carboxylic acids is 2. The van der Waals surface area contributed by atoms with E-state index in [9.17, 15) is 9.59 Å². The highest BCUT2D eigenvalue weighted by Crippen LogP contribution is 2.39. The maximum Gasteiger partial charge on any atom is 0.338 e. The number of amides is 1. The lowest BCUT2D eigenvalue weighted by Gasteiger charge is -2.14. The van der Waals surface area contributed by atoms with E-state index >= 15 is 0 Å². The molecule has 0 saturated heterocycles. The molecule has 2 N–H and O–H groups in total. The topological polar surface area (TPSA) is 116 Å². The average molecular weight is 457 g/mol. The van der Waals surface area contributed by atoms with Crippen LogP contribution in [0.15, 0.2) is 41.5 Å². The molecule has 0 aliphatic heterocycles. The summed E-state index contributed by atoms with van der Waals surface area (Å²) >= 11 is 0. The summed E-state index contributed by atoms with van der Waals surface area (Å²) in [5, 5.41) is 0. The number of rotatable bonds is 10. The molecule has 0 unspecified atom stereocenters. The zero-order chi connectivity index (χ0) is 24.5. The normalized spacial score (nSPS) is 11.5. The fourth-order valence-electron chi connectivity index (χ4n) is 3.10. The van der Waals surface area contributed by atoms with Gasteiger partial charge in [-0.25, -0.2) is 4.79 Å². The van der Waals surface area contributed by atoms with Gasteiger partial charge in [-0.1, -0.05) is 6.07 Å². The van der Waals surface area contributed by atoms with Crippen molar-refractivity contribution in [3.8, 4) is 28.7 Å². The number of carbonyl (C=O) groups is 2. The van der Waals surface area contributed by atoms with E-state index in [2.05, 4.69) is 0 Å². The van der Waals surface area contributed by atoms with Gasteiger partial charge >= 0.3 is 5.97 Å². The number of hydrogen-bond acceptors (Lipinski definition) is 8. The van der Waals surface area contributed by atoms with Crippen molar-refractivity contribution in [3.63, 3.8) is 0 Å². The van der Waals surface area contributed by atoms with Crippen LogP contribution in [0.5, 0.6) is 28.7 Å². The van der Waals surface area contributed by atoms with Gasteiger partial charge in [0.1, 0.15) is 0 Å². The van der Waals surface area contributed by atoms with Crippen LogP contribution < -0.4 is 29.4 Å². The third-order valence-electron chi connectivity index (χ3n) is 4.68. The number of primary amides is 1. The minimum Gasteiger partial charge on any atom is -0.493 e. The Morgan fingerprint density at radius 1 is 0.667 bits per heavy atom. The van der Waals surface area contributed by atoms with E-state index < -0.39 is 11.9 Å². The van der Waals surface area contributed by atoms with E-state index in [0.29, 0.717) is 39.9 Å². The molecule has 0 aliphatic rings. The van der Waals surface area contributed by atoms with Gasteiger partial charge < -0.3 is 34.2 Å². The van der Waals surface area contributed by atoms with Crippen molar-refractivity contribution in [2.45, 2.75) is 0 Å². The molecule has 33 heavy (non-hydrogen) atoms. The highest BCUT2D eigenvalue weighted by atomic mass is 16.5. The van der Waals surface area contributed by atoms with Crippen molar-refractivity contribution in [1.82, 2.24) is 0 Å². The second-order valence-electron chi connectivity index (χ2n) is 6.54. The van der Waals surface area contributed by atoms with Crippen molar-refractivity contribution < 1.29 is 38.0 Å². The van der Waals surface area contributed by atoms with Gasteiger partial charge in [0.2, 0.25) is 11.7 Å². The van der Waals surface area contributed by atoms with Crippen LogP contribution in [-0.4, -0.2) is 54.5 Å². The molecule has 2 rings (SSSR count). The highest BCUT2D eigenvalue weighted by Gasteiger charge is 2.21. The molecule has 1 amide bonds. The first-order chi connectivity index (χ1) is 15.8. The van der Waals surface area contributed by atoms with Crippen LogP contribution >= 0.6 is 0 Å². The molecule has 0 spiro atoms. The Morgan fingerprint density at radius 2 is 1.18 bits per heavy atom. The summed E-state index contributed by atoms with van der Waals surface area (Å²) in [5.74, 6) is 0.504. The van der Waals surface area contributed by atoms with Gasteiger partial charge in [0, 0.05) is 0 Å². The zero-order valence-corrected chi connectivity index (χ0v) is 19.4. The highest BCUT2D eigenvalue weighted by molar-refractivity contribution is 6.14. The summed E-state index contributed by atoms with van der Waals surface area (Å²) in [6.45, 7) is 0. The first-order valence-electron chi connectivity index (χ1n) is 9.67. The first-order valence-corrected chi connectivity index (χ1v) is 9.67. The van der Waals surface area contributed by atoms with Crippen molar-refractivity contribution in [3.05, 3.63) is 52.6 Å². The summed E-state index contributed by atoms with van der Waals surface area (Å²) < 4.78 is 31.5. The number of ether oxygens (including phenoxy) is 6. The van der Waals surface area contributed by atoms with Crippen molar-refractivity contribution >= 4 is 24.0 Å². The molecule has 0 bridgehead atoms. The second-order valence-corrected chi connectivity index (χ2v) is 6.54. The van der Waals surface area contributed by atoms with Crippen LogP contribution in [0, 0.1) is 0 Å². The third-order valence-corrected chi connectivity index (χ3v) is 4.68. The minimum absolute atomic E-state index is 0.0611. The smallest absolute Gasteiger partial charge is 0.338 e. The van der Waals surface area contributed by atoms with E-state index in [1.54, 1.807) is 30.3 Å². The maximum absolute atomic E-state index is 12.6. The molecule has 0 saturated carbocycles. The number of esters is 1. The Morgan fingerprint density at radius 3 is 1.64 bits per heavy atom. The van der Waals surface area contributed by atoms with E-state index in [1.807, 2.05) is 0 Å². The predicted molar refractivity (Wildman–Crippen MR) is 123 cm³/mol. The summed E-state index contributed by atoms with van der Waals surface area (Å²) in [5.41, 5.74) is 6.55. The van der Waals surface area contributed by atoms with Gasteiger partial charge in [-0.2, -0.15) is 0 Å². The zero-order valence-electron chi connectivity index (χ0n) is 19.4. The minimum atomic E-state index is -0.825. The Labute approximate surface area is 192 Å². The molecule has 176 valence electrons. The molecule has 0 aliphatic carbocycles. The largest absolute Gasteiger partial charge is 0.493 e. The molecule has 2 aromatic carbocycles. The molecule has 0 aromatic heterocycles. The Kier molecular flexibility index (Phi) is 8.73. The molecule has 2 aromatic rings. The summed E-state index contributed by atoms with van der Waals surface area (Å²) in [6.07, 6.45) is 2.92. The van der Waals surface area contributed by atoms with Crippen molar-refractivity contribution in [1.29, 1.82) is 0 Å². The first kappa shape index (κ1) is 25.1. The SMILES string of the molecule is COC(=O)C(=C/c1cc(OC)c(OC)c(OC)c1)/C(=C\c1ccc(OC)c(OC)c1)C(N)=O.